The van der Waals surface area contributed by atoms with Gasteiger partial charge in [0.2, 0.25) is 0 Å². The first-order valence-electron chi connectivity index (χ1n) is 7.55. The number of fused-ring (bicyclic) bond motifs is 1. The highest BCUT2D eigenvalue weighted by molar-refractivity contribution is 6.50. The monoisotopic (exact) mass is 331 g/mol. The fourth-order valence-electron chi connectivity index (χ4n) is 3.01. The van der Waals surface area contributed by atoms with E-state index in [2.05, 4.69) is 58.1 Å². The number of halogens is 2. The molecule has 1 saturated carbocycles. The molecule has 0 spiro atoms. The third kappa shape index (κ3) is 2.62. The van der Waals surface area contributed by atoms with E-state index in [9.17, 15) is 0 Å². The van der Waals surface area contributed by atoms with Gasteiger partial charge >= 0.3 is 0 Å². The summed E-state index contributed by atoms with van der Waals surface area (Å²) < 4.78 is 1.79. The molecule has 112 valence electrons. The zero-order chi connectivity index (χ0) is 15.2. The van der Waals surface area contributed by atoms with Crippen LogP contribution in [0.5, 0.6) is 0 Å². The lowest BCUT2D eigenvalue weighted by atomic mass is 10.1. The van der Waals surface area contributed by atoms with Gasteiger partial charge in [-0.05, 0) is 24.1 Å². The van der Waals surface area contributed by atoms with Crippen molar-refractivity contribution in [3.63, 3.8) is 0 Å². The first kappa shape index (κ1) is 14.1. The average molecular weight is 332 g/mol. The molecular weight excluding hydrogens is 315 g/mol. The molecule has 4 rings (SSSR count). The molecule has 2 nitrogen and oxygen atoms in total. The number of aromatic amines is 1. The second-order valence-corrected chi connectivity index (χ2v) is 7.57. The van der Waals surface area contributed by atoms with E-state index in [1.54, 1.807) is 0 Å². The molecule has 1 aliphatic carbocycles. The largest absolute Gasteiger partial charge is 0.259 e. The van der Waals surface area contributed by atoms with Crippen LogP contribution in [-0.4, -0.2) is 9.32 Å². The minimum absolute atomic E-state index is 0.328. The van der Waals surface area contributed by atoms with Crippen LogP contribution >= 0.6 is 23.2 Å². The molecule has 1 N–H and O–H groups in total. The van der Waals surface area contributed by atoms with Gasteiger partial charge in [-0.25, -0.2) is 9.55 Å². The van der Waals surface area contributed by atoms with Crippen molar-refractivity contribution in [2.45, 2.75) is 23.7 Å². The Morgan fingerprint density at radius 3 is 2.45 bits per heavy atom. The Morgan fingerprint density at radius 1 is 1.05 bits per heavy atom. The molecular formula is C18H17Cl2N2+. The van der Waals surface area contributed by atoms with Crippen molar-refractivity contribution in [3.05, 3.63) is 66.0 Å². The van der Waals surface area contributed by atoms with Crippen LogP contribution in [0.3, 0.4) is 0 Å². The quantitative estimate of drug-likeness (QED) is 0.545. The fraction of sp³-hybridized carbons (Fsp3) is 0.278. The number of para-hydroxylation sites is 2. The first-order chi connectivity index (χ1) is 10.6. The van der Waals surface area contributed by atoms with Crippen molar-refractivity contribution in [1.29, 1.82) is 0 Å². The molecule has 1 atom stereocenters. The van der Waals surface area contributed by atoms with Gasteiger partial charge in [0.05, 0.1) is 13.0 Å². The molecule has 2 aromatic carbocycles. The molecule has 22 heavy (non-hydrogen) atoms. The predicted octanol–water partition coefficient (Wildman–Crippen LogP) is 4.24. The normalized spacial score (nSPS) is 19.5. The number of benzene rings is 2. The van der Waals surface area contributed by atoms with Crippen LogP contribution in [0.4, 0.5) is 0 Å². The van der Waals surface area contributed by atoms with Gasteiger partial charge in [-0.3, -0.25) is 0 Å². The van der Waals surface area contributed by atoms with Crippen molar-refractivity contribution in [1.82, 2.24) is 4.98 Å². The predicted molar refractivity (Wildman–Crippen MR) is 90.3 cm³/mol. The highest BCUT2D eigenvalue weighted by atomic mass is 35.5. The maximum absolute atomic E-state index is 6.23. The lowest BCUT2D eigenvalue weighted by Crippen LogP contribution is -2.39. The third-order valence-electron chi connectivity index (χ3n) is 4.37. The van der Waals surface area contributed by atoms with E-state index in [0.717, 1.165) is 24.9 Å². The lowest BCUT2D eigenvalue weighted by Gasteiger charge is -2.03. The molecule has 3 aromatic rings. The minimum atomic E-state index is -0.546. The van der Waals surface area contributed by atoms with E-state index in [-0.39, 0.29) is 0 Å². The maximum Gasteiger partial charge on any atom is 0.259 e. The molecule has 1 aliphatic rings. The Kier molecular flexibility index (Phi) is 3.39. The van der Waals surface area contributed by atoms with Crippen molar-refractivity contribution in [3.8, 4) is 0 Å². The smallest absolute Gasteiger partial charge is 0.240 e. The van der Waals surface area contributed by atoms with Crippen molar-refractivity contribution in [2.75, 3.05) is 0 Å². The summed E-state index contributed by atoms with van der Waals surface area (Å²) in [6, 6.07) is 18.9. The van der Waals surface area contributed by atoms with Crippen LogP contribution in [0, 0.1) is 5.92 Å². The van der Waals surface area contributed by atoms with E-state index in [1.165, 1.54) is 16.9 Å². The van der Waals surface area contributed by atoms with Gasteiger partial charge in [0.1, 0.15) is 4.33 Å². The third-order valence-corrected chi connectivity index (χ3v) is 5.30. The standard InChI is InChI=1S/C18H16Cl2N2/c19-18(20)11-14(18)12-22-16-9-5-4-8-15(16)21-17(22)10-13-6-2-1-3-7-13/h1-9,14H,10-12H2/p+1. The summed E-state index contributed by atoms with van der Waals surface area (Å²) in [7, 11) is 0. The minimum Gasteiger partial charge on any atom is -0.240 e. The number of alkyl halides is 2. The summed E-state index contributed by atoms with van der Waals surface area (Å²) >= 11 is 12.5. The molecule has 1 aromatic heterocycles. The zero-order valence-electron chi connectivity index (χ0n) is 12.1. The number of nitrogens with one attached hydrogen (secondary N) is 1. The molecule has 1 fully saturated rings. The van der Waals surface area contributed by atoms with Gasteiger partial charge in [0.25, 0.3) is 5.82 Å². The second kappa shape index (κ2) is 5.29. The number of rotatable bonds is 4. The summed E-state index contributed by atoms with van der Waals surface area (Å²) in [5, 5.41) is 0. The summed E-state index contributed by atoms with van der Waals surface area (Å²) in [6.07, 6.45) is 1.74. The highest BCUT2D eigenvalue weighted by Crippen LogP contribution is 2.53. The number of hydrogen-bond acceptors (Lipinski definition) is 0. The molecule has 1 heterocycles. The summed E-state index contributed by atoms with van der Waals surface area (Å²) in [4.78, 5) is 3.55. The van der Waals surface area contributed by atoms with E-state index in [0.29, 0.717) is 5.92 Å². The van der Waals surface area contributed by atoms with Crippen LogP contribution in [-0.2, 0) is 13.0 Å². The number of imidazole rings is 1. The van der Waals surface area contributed by atoms with Crippen molar-refractivity contribution in [2.24, 2.45) is 5.92 Å². The molecule has 4 heteroatoms. The van der Waals surface area contributed by atoms with Gasteiger partial charge in [-0.15, -0.1) is 23.2 Å². The Bertz CT molecular complexity index is 808. The lowest BCUT2D eigenvalue weighted by molar-refractivity contribution is -0.681. The van der Waals surface area contributed by atoms with Gasteiger partial charge in [0, 0.05) is 5.92 Å². The second-order valence-electron chi connectivity index (χ2n) is 6.02. The van der Waals surface area contributed by atoms with E-state index in [4.69, 9.17) is 23.2 Å². The Morgan fingerprint density at radius 2 is 1.73 bits per heavy atom. The van der Waals surface area contributed by atoms with Crippen LogP contribution < -0.4 is 4.57 Å². The number of hydrogen-bond donors (Lipinski definition) is 1. The summed E-state index contributed by atoms with van der Waals surface area (Å²) in [6.45, 7) is 0.860. The van der Waals surface area contributed by atoms with Crippen LogP contribution in [0.15, 0.2) is 54.6 Å². The summed E-state index contributed by atoms with van der Waals surface area (Å²) in [5.74, 6) is 1.53. The van der Waals surface area contributed by atoms with Gasteiger partial charge in [-0.1, -0.05) is 42.5 Å². The van der Waals surface area contributed by atoms with Crippen LogP contribution in [0.2, 0.25) is 0 Å². The van der Waals surface area contributed by atoms with Gasteiger partial charge in [0.15, 0.2) is 11.0 Å². The average Bonchev–Trinajstić information content (AvgIpc) is 2.97. The number of H-pyrrole nitrogens is 1. The van der Waals surface area contributed by atoms with Crippen LogP contribution in [0.1, 0.15) is 17.8 Å². The van der Waals surface area contributed by atoms with Gasteiger partial charge < -0.3 is 0 Å². The molecule has 0 amide bonds. The topological polar surface area (TPSA) is 19.7 Å². The molecule has 0 bridgehead atoms. The fourth-order valence-corrected chi connectivity index (χ4v) is 3.52. The van der Waals surface area contributed by atoms with Crippen LogP contribution in [0.25, 0.3) is 11.0 Å². The first-order valence-corrected chi connectivity index (χ1v) is 8.30. The van der Waals surface area contributed by atoms with Crippen molar-refractivity contribution < 1.29 is 4.57 Å². The molecule has 1 unspecified atom stereocenters. The summed E-state index contributed by atoms with van der Waals surface area (Å²) in [5.41, 5.74) is 3.66. The maximum atomic E-state index is 6.23. The molecule has 0 radical (unpaired) electrons. The molecule has 0 saturated heterocycles. The Hall–Kier alpha value is -1.51. The van der Waals surface area contributed by atoms with E-state index in [1.807, 2.05) is 6.07 Å². The van der Waals surface area contributed by atoms with E-state index >= 15 is 0 Å². The Balaban J connectivity index is 1.73. The number of nitrogens with zero attached hydrogens (tertiary/aromatic N) is 1. The van der Waals surface area contributed by atoms with Gasteiger partial charge in [-0.2, -0.15) is 0 Å². The number of aromatic nitrogens is 2. The highest BCUT2D eigenvalue weighted by Gasteiger charge is 2.53. The Labute approximate surface area is 139 Å². The SMILES string of the molecule is ClC1(Cl)CC1C[n+]1c(Cc2ccccc2)[nH]c2ccccc21. The van der Waals surface area contributed by atoms with Crippen molar-refractivity contribution >= 4 is 34.2 Å². The molecule has 0 aliphatic heterocycles. The zero-order valence-corrected chi connectivity index (χ0v) is 13.6. The van der Waals surface area contributed by atoms with E-state index < -0.39 is 4.33 Å².